The van der Waals surface area contributed by atoms with E-state index in [2.05, 4.69) is 10.6 Å². The highest BCUT2D eigenvalue weighted by Gasteiger charge is 2.29. The van der Waals surface area contributed by atoms with E-state index in [0.29, 0.717) is 45.6 Å². The van der Waals surface area contributed by atoms with E-state index >= 15 is 0 Å². The third-order valence-corrected chi connectivity index (χ3v) is 6.37. The fourth-order valence-corrected chi connectivity index (χ4v) is 4.33. The quantitative estimate of drug-likeness (QED) is 0.126. The highest BCUT2D eigenvalue weighted by Crippen LogP contribution is 2.35. The van der Waals surface area contributed by atoms with Crippen LogP contribution in [-0.2, 0) is 9.53 Å². The number of fused-ring (bicyclic) bond motifs is 1. The van der Waals surface area contributed by atoms with Crippen LogP contribution in [0.4, 0.5) is 21.9 Å². The summed E-state index contributed by atoms with van der Waals surface area (Å²) in [5.74, 6) is 1.52. The van der Waals surface area contributed by atoms with Crippen molar-refractivity contribution in [1.29, 1.82) is 0 Å². The number of carbonyl (C=O) groups is 2. The molecule has 2 atom stereocenters. The van der Waals surface area contributed by atoms with Crippen molar-refractivity contribution in [1.82, 2.24) is 0 Å². The molecule has 44 heavy (non-hydrogen) atoms. The van der Waals surface area contributed by atoms with Crippen molar-refractivity contribution in [2.45, 2.75) is 12.2 Å². The number of nitrogens with one attached hydrogen (secondary N) is 2. The average Bonchev–Trinajstić information content (AvgIpc) is 3.51. The van der Waals surface area contributed by atoms with Crippen LogP contribution in [0.2, 0.25) is 0 Å². The zero-order valence-electron chi connectivity index (χ0n) is 23.6. The number of benzene rings is 4. The van der Waals surface area contributed by atoms with Crippen molar-refractivity contribution >= 4 is 29.1 Å². The lowest BCUT2D eigenvalue weighted by Gasteiger charge is -2.26. The Morgan fingerprint density at radius 1 is 0.886 bits per heavy atom. The Hall–Kier alpha value is -5.68. The van der Waals surface area contributed by atoms with Gasteiger partial charge in [0.25, 0.3) is 0 Å². The summed E-state index contributed by atoms with van der Waals surface area (Å²) in [6, 6.07) is 27.6. The molecule has 4 aromatic rings. The number of aliphatic hydroxyl groups is 1. The molecular formula is C33H31N3O8. The number of hydrogen-bond acceptors (Lipinski definition) is 9. The molecule has 0 fully saturated rings. The molecule has 0 saturated heterocycles. The first-order chi connectivity index (χ1) is 21.5. The maximum absolute atomic E-state index is 13.3. The molecule has 0 radical (unpaired) electrons. The Bertz CT molecular complexity index is 1610. The number of hydrogen-bond donors (Lipinski definition) is 4. The SMILES string of the molecule is Nc1ccccc1NC(=O)/C=C/[C@H](Oc1ccccc1)[C@@H](OC(=O)Nc1ccc2c(c1)OCO2)c1cccc(OCCO)c1. The minimum Gasteiger partial charge on any atom is -0.491 e. The lowest BCUT2D eigenvalue weighted by Crippen LogP contribution is -2.30. The Morgan fingerprint density at radius 2 is 1.66 bits per heavy atom. The van der Waals surface area contributed by atoms with E-state index < -0.39 is 24.2 Å². The normalized spacial score (nSPS) is 13.1. The summed E-state index contributed by atoms with van der Waals surface area (Å²) in [6.07, 6.45) is -0.0359. The third-order valence-electron chi connectivity index (χ3n) is 6.37. The van der Waals surface area contributed by atoms with Gasteiger partial charge in [-0.3, -0.25) is 10.1 Å². The lowest BCUT2D eigenvalue weighted by molar-refractivity contribution is -0.112. The molecule has 11 nitrogen and oxygen atoms in total. The standard InChI is InChI=1S/C33H31N3O8/c34-26-11-4-5-12-27(26)36-31(38)16-15-29(43-24-8-2-1-3-9-24)32(22-7-6-10-25(19-22)40-18-17-37)44-33(39)35-23-13-14-28-30(20-23)42-21-41-28/h1-16,19-20,29,32,37H,17-18,21,34H2,(H,35,39)(H,36,38)/b16-15+/t29-,32-/m0/s1. The molecule has 2 amide bonds. The van der Waals surface area contributed by atoms with E-state index in [-0.39, 0.29) is 20.0 Å². The summed E-state index contributed by atoms with van der Waals surface area (Å²) in [4.78, 5) is 26.2. The maximum Gasteiger partial charge on any atom is 0.412 e. The van der Waals surface area contributed by atoms with Crippen molar-refractivity contribution in [3.63, 3.8) is 0 Å². The number of anilines is 3. The molecule has 5 N–H and O–H groups in total. The van der Waals surface area contributed by atoms with E-state index in [0.717, 1.165) is 0 Å². The number of rotatable bonds is 12. The Labute approximate surface area is 253 Å². The van der Waals surface area contributed by atoms with Gasteiger partial charge in [0.1, 0.15) is 18.1 Å². The van der Waals surface area contributed by atoms with Gasteiger partial charge in [-0.15, -0.1) is 0 Å². The molecule has 1 aliphatic heterocycles. The summed E-state index contributed by atoms with van der Waals surface area (Å²) in [5, 5.41) is 14.7. The summed E-state index contributed by atoms with van der Waals surface area (Å²) in [5.41, 5.74) is 7.78. The molecule has 0 spiro atoms. The number of nitrogens with two attached hydrogens (primary N) is 1. The summed E-state index contributed by atoms with van der Waals surface area (Å²) < 4.78 is 28.6. The van der Waals surface area contributed by atoms with E-state index in [9.17, 15) is 14.7 Å². The van der Waals surface area contributed by atoms with Crippen LogP contribution in [0.25, 0.3) is 0 Å². The third kappa shape index (κ3) is 7.99. The zero-order chi connectivity index (χ0) is 30.7. The smallest absolute Gasteiger partial charge is 0.412 e. The molecule has 11 heteroatoms. The fraction of sp³-hybridized carbons (Fsp3) is 0.152. The van der Waals surface area contributed by atoms with Crippen molar-refractivity contribution in [2.75, 3.05) is 36.4 Å². The highest BCUT2D eigenvalue weighted by molar-refractivity contribution is 6.01. The largest absolute Gasteiger partial charge is 0.491 e. The maximum atomic E-state index is 13.3. The Balaban J connectivity index is 1.44. The minimum atomic E-state index is -1.06. The van der Waals surface area contributed by atoms with Gasteiger partial charge in [-0.2, -0.15) is 0 Å². The molecule has 4 aromatic carbocycles. The molecule has 1 aliphatic rings. The van der Waals surface area contributed by atoms with E-state index in [1.165, 1.54) is 12.2 Å². The van der Waals surface area contributed by atoms with Crippen molar-refractivity contribution < 1.29 is 38.4 Å². The van der Waals surface area contributed by atoms with Crippen molar-refractivity contribution in [3.05, 3.63) is 115 Å². The van der Waals surface area contributed by atoms with Gasteiger partial charge in [-0.25, -0.2) is 4.79 Å². The number of carbonyl (C=O) groups excluding carboxylic acids is 2. The van der Waals surface area contributed by atoms with Gasteiger partial charge in [-0.1, -0.05) is 42.5 Å². The van der Waals surface area contributed by atoms with E-state index in [1.54, 1.807) is 91.0 Å². The molecular weight excluding hydrogens is 566 g/mol. The molecule has 1 heterocycles. The van der Waals surface area contributed by atoms with Gasteiger partial charge >= 0.3 is 6.09 Å². The summed E-state index contributed by atoms with van der Waals surface area (Å²) in [7, 11) is 0. The first-order valence-corrected chi connectivity index (χ1v) is 13.7. The van der Waals surface area contributed by atoms with Crippen molar-refractivity contribution in [3.8, 4) is 23.0 Å². The predicted octanol–water partition coefficient (Wildman–Crippen LogP) is 5.30. The van der Waals surface area contributed by atoms with Gasteiger partial charge in [0.2, 0.25) is 12.7 Å². The Morgan fingerprint density at radius 3 is 2.48 bits per heavy atom. The fourth-order valence-electron chi connectivity index (χ4n) is 4.33. The van der Waals surface area contributed by atoms with Crippen LogP contribution < -0.4 is 35.3 Å². The van der Waals surface area contributed by atoms with E-state index in [4.69, 9.17) is 29.4 Å². The number of amides is 2. The molecule has 0 aliphatic carbocycles. The average molecular weight is 598 g/mol. The molecule has 5 rings (SSSR count). The first kappa shape index (κ1) is 29.8. The summed E-state index contributed by atoms with van der Waals surface area (Å²) >= 11 is 0. The van der Waals surface area contributed by atoms with Crippen LogP contribution in [0.1, 0.15) is 11.7 Å². The van der Waals surface area contributed by atoms with Gasteiger partial charge in [-0.05, 0) is 54.6 Å². The van der Waals surface area contributed by atoms with Crippen LogP contribution in [0.3, 0.4) is 0 Å². The second-order valence-corrected chi connectivity index (χ2v) is 9.49. The van der Waals surface area contributed by atoms with Crippen LogP contribution in [0.5, 0.6) is 23.0 Å². The monoisotopic (exact) mass is 597 g/mol. The Kier molecular flexibility index (Phi) is 9.80. The molecule has 0 unspecified atom stereocenters. The van der Waals surface area contributed by atoms with Crippen LogP contribution >= 0.6 is 0 Å². The van der Waals surface area contributed by atoms with Crippen molar-refractivity contribution in [2.24, 2.45) is 0 Å². The highest BCUT2D eigenvalue weighted by atomic mass is 16.7. The van der Waals surface area contributed by atoms with Gasteiger partial charge in [0.15, 0.2) is 23.7 Å². The number of nitrogen functional groups attached to an aromatic ring is 1. The predicted molar refractivity (Wildman–Crippen MR) is 164 cm³/mol. The van der Waals surface area contributed by atoms with Crippen LogP contribution in [-0.4, -0.2) is 43.2 Å². The van der Waals surface area contributed by atoms with Gasteiger partial charge in [0.05, 0.1) is 18.0 Å². The first-order valence-electron chi connectivity index (χ1n) is 13.7. The second-order valence-electron chi connectivity index (χ2n) is 9.49. The number of ether oxygens (including phenoxy) is 5. The number of para-hydroxylation sites is 3. The van der Waals surface area contributed by atoms with Gasteiger partial charge < -0.3 is 39.8 Å². The minimum absolute atomic E-state index is 0.0756. The second kappa shape index (κ2) is 14.5. The zero-order valence-corrected chi connectivity index (χ0v) is 23.6. The van der Waals surface area contributed by atoms with Crippen LogP contribution in [0.15, 0.2) is 109 Å². The lowest BCUT2D eigenvalue weighted by atomic mass is 10.0. The summed E-state index contributed by atoms with van der Waals surface area (Å²) in [6.45, 7) is -0.00684. The van der Waals surface area contributed by atoms with Crippen LogP contribution in [0, 0.1) is 0 Å². The van der Waals surface area contributed by atoms with E-state index in [1.807, 2.05) is 6.07 Å². The van der Waals surface area contributed by atoms with Gasteiger partial charge in [0, 0.05) is 23.4 Å². The topological polar surface area (TPSA) is 151 Å². The molecule has 226 valence electrons. The molecule has 0 saturated carbocycles. The molecule has 0 aromatic heterocycles. The molecule has 0 bridgehead atoms. The number of aliphatic hydroxyl groups excluding tert-OH is 1.